The van der Waals surface area contributed by atoms with Crippen LogP contribution in [0.1, 0.15) is 31.7 Å². The minimum atomic E-state index is -3.72. The monoisotopic (exact) mass is 275 g/mol. The van der Waals surface area contributed by atoms with E-state index in [-0.39, 0.29) is 17.4 Å². The van der Waals surface area contributed by atoms with Gasteiger partial charge in [-0.1, -0.05) is 13.8 Å². The summed E-state index contributed by atoms with van der Waals surface area (Å²) in [5, 5.41) is 5.08. The average molecular weight is 275 g/mol. The van der Waals surface area contributed by atoms with E-state index in [1.165, 1.54) is 12.1 Å². The Morgan fingerprint density at radius 3 is 2.56 bits per heavy atom. The third-order valence-electron chi connectivity index (χ3n) is 2.47. The van der Waals surface area contributed by atoms with E-state index in [1.54, 1.807) is 6.07 Å². The molecule has 0 bridgehead atoms. The van der Waals surface area contributed by atoms with Crippen molar-refractivity contribution in [2.24, 2.45) is 5.14 Å². The molecule has 0 heterocycles. The SMILES string of the molecule is CC(C)c1cc(S(N)(=O)=O)ccc1OCCCF. The highest BCUT2D eigenvalue weighted by atomic mass is 32.2. The van der Waals surface area contributed by atoms with Crippen molar-refractivity contribution in [1.82, 2.24) is 0 Å². The number of primary sulfonamides is 1. The second kappa shape index (κ2) is 6.15. The van der Waals surface area contributed by atoms with E-state index in [4.69, 9.17) is 9.88 Å². The largest absolute Gasteiger partial charge is 0.493 e. The van der Waals surface area contributed by atoms with Crippen molar-refractivity contribution >= 4 is 10.0 Å². The van der Waals surface area contributed by atoms with E-state index in [1.807, 2.05) is 13.8 Å². The molecule has 0 aromatic heterocycles. The van der Waals surface area contributed by atoms with Gasteiger partial charge >= 0.3 is 0 Å². The van der Waals surface area contributed by atoms with Crippen LogP contribution in [0.3, 0.4) is 0 Å². The lowest BCUT2D eigenvalue weighted by molar-refractivity contribution is 0.286. The van der Waals surface area contributed by atoms with Gasteiger partial charge in [-0.3, -0.25) is 4.39 Å². The first-order valence-electron chi connectivity index (χ1n) is 5.71. The standard InChI is InChI=1S/C12H18FNO3S/c1-9(2)11-8-10(18(14,15)16)4-5-12(11)17-7-3-6-13/h4-5,8-9H,3,6-7H2,1-2H3,(H2,14,15,16). The Kier molecular flexibility index (Phi) is 5.10. The van der Waals surface area contributed by atoms with E-state index in [9.17, 15) is 12.8 Å². The number of alkyl halides is 1. The van der Waals surface area contributed by atoms with E-state index in [2.05, 4.69) is 0 Å². The van der Waals surface area contributed by atoms with Gasteiger partial charge < -0.3 is 4.74 Å². The van der Waals surface area contributed by atoms with Gasteiger partial charge in [0.05, 0.1) is 18.2 Å². The first kappa shape index (κ1) is 14.9. The molecule has 18 heavy (non-hydrogen) atoms. The maximum atomic E-state index is 12.0. The highest BCUT2D eigenvalue weighted by molar-refractivity contribution is 7.89. The van der Waals surface area contributed by atoms with E-state index >= 15 is 0 Å². The van der Waals surface area contributed by atoms with Gasteiger partial charge in [0.15, 0.2) is 0 Å². The predicted octanol–water partition coefficient (Wildman–Crippen LogP) is 2.20. The van der Waals surface area contributed by atoms with Crippen molar-refractivity contribution in [3.63, 3.8) is 0 Å². The summed E-state index contributed by atoms with van der Waals surface area (Å²) in [6.07, 6.45) is 0.314. The first-order valence-corrected chi connectivity index (χ1v) is 7.26. The van der Waals surface area contributed by atoms with Crippen molar-refractivity contribution in [2.45, 2.75) is 31.1 Å². The molecule has 0 aliphatic rings. The molecule has 1 rings (SSSR count). The fourth-order valence-electron chi connectivity index (χ4n) is 1.52. The zero-order valence-corrected chi connectivity index (χ0v) is 11.3. The predicted molar refractivity (Wildman–Crippen MR) is 68.0 cm³/mol. The molecule has 0 unspecified atom stereocenters. The molecule has 0 atom stereocenters. The van der Waals surface area contributed by atoms with Gasteiger partial charge in [-0.25, -0.2) is 13.6 Å². The zero-order valence-electron chi connectivity index (χ0n) is 10.5. The second-order valence-corrected chi connectivity index (χ2v) is 5.85. The Morgan fingerprint density at radius 2 is 2.06 bits per heavy atom. The van der Waals surface area contributed by atoms with Gasteiger partial charge in [-0.05, 0) is 29.7 Å². The van der Waals surface area contributed by atoms with Gasteiger partial charge in [0.1, 0.15) is 5.75 Å². The van der Waals surface area contributed by atoms with Crippen LogP contribution in [-0.4, -0.2) is 21.7 Å². The van der Waals surface area contributed by atoms with E-state index in [0.29, 0.717) is 12.2 Å². The van der Waals surface area contributed by atoms with Gasteiger partial charge in [-0.15, -0.1) is 0 Å². The topological polar surface area (TPSA) is 69.4 Å². The molecule has 1 aromatic rings. The molecule has 6 heteroatoms. The maximum absolute atomic E-state index is 12.0. The number of ether oxygens (including phenoxy) is 1. The number of hydrogen-bond acceptors (Lipinski definition) is 3. The molecule has 0 amide bonds. The molecule has 0 radical (unpaired) electrons. The average Bonchev–Trinajstić information content (AvgIpc) is 2.28. The van der Waals surface area contributed by atoms with Crippen molar-refractivity contribution in [2.75, 3.05) is 13.3 Å². The highest BCUT2D eigenvalue weighted by Gasteiger charge is 2.14. The summed E-state index contributed by atoms with van der Waals surface area (Å²) < 4.78 is 40.0. The fraction of sp³-hybridized carbons (Fsp3) is 0.500. The highest BCUT2D eigenvalue weighted by Crippen LogP contribution is 2.28. The molecule has 1 aromatic carbocycles. The lowest BCUT2D eigenvalue weighted by Gasteiger charge is -2.14. The molecule has 0 fully saturated rings. The Hall–Kier alpha value is -1.14. The number of benzene rings is 1. The molecule has 0 saturated heterocycles. The Balaban J connectivity index is 3.05. The van der Waals surface area contributed by atoms with Crippen molar-refractivity contribution < 1.29 is 17.5 Å². The minimum absolute atomic E-state index is 0.0593. The summed E-state index contributed by atoms with van der Waals surface area (Å²) in [5.74, 6) is 0.665. The van der Waals surface area contributed by atoms with Crippen molar-refractivity contribution in [3.05, 3.63) is 23.8 Å². The third-order valence-corrected chi connectivity index (χ3v) is 3.38. The van der Waals surface area contributed by atoms with Gasteiger partial charge in [0, 0.05) is 6.42 Å². The van der Waals surface area contributed by atoms with Crippen LogP contribution >= 0.6 is 0 Å². The summed E-state index contributed by atoms with van der Waals surface area (Å²) in [6.45, 7) is 3.67. The smallest absolute Gasteiger partial charge is 0.238 e. The molecular weight excluding hydrogens is 257 g/mol. The summed E-state index contributed by atoms with van der Waals surface area (Å²) in [7, 11) is -3.72. The number of nitrogens with two attached hydrogens (primary N) is 1. The van der Waals surface area contributed by atoms with Gasteiger partial charge in [-0.2, -0.15) is 0 Å². The zero-order chi connectivity index (χ0) is 13.8. The molecule has 0 spiro atoms. The lowest BCUT2D eigenvalue weighted by Crippen LogP contribution is -2.13. The first-order chi connectivity index (χ1) is 8.36. The molecule has 0 aliphatic carbocycles. The van der Waals surface area contributed by atoms with E-state index < -0.39 is 16.7 Å². The van der Waals surface area contributed by atoms with Crippen molar-refractivity contribution in [1.29, 1.82) is 0 Å². The summed E-state index contributed by atoms with van der Waals surface area (Å²) in [6, 6.07) is 4.46. The number of halogens is 1. The number of rotatable bonds is 6. The van der Waals surface area contributed by atoms with Crippen LogP contribution < -0.4 is 9.88 Å². The summed E-state index contributed by atoms with van der Waals surface area (Å²) >= 11 is 0. The van der Waals surface area contributed by atoms with Gasteiger partial charge in [0.25, 0.3) is 0 Å². The molecule has 4 nitrogen and oxygen atoms in total. The minimum Gasteiger partial charge on any atom is -0.493 e. The quantitative estimate of drug-likeness (QED) is 0.809. The van der Waals surface area contributed by atoms with Crippen LogP contribution in [0.25, 0.3) is 0 Å². The normalized spacial score (nSPS) is 11.8. The Morgan fingerprint density at radius 1 is 1.39 bits per heavy atom. The van der Waals surface area contributed by atoms with Crippen LogP contribution in [0.2, 0.25) is 0 Å². The molecule has 102 valence electrons. The Labute approximate surface area is 107 Å². The maximum Gasteiger partial charge on any atom is 0.238 e. The lowest BCUT2D eigenvalue weighted by atomic mass is 10.0. The number of sulfonamides is 1. The van der Waals surface area contributed by atoms with Crippen molar-refractivity contribution in [3.8, 4) is 5.75 Å². The van der Waals surface area contributed by atoms with Crippen LogP contribution in [0.5, 0.6) is 5.75 Å². The number of hydrogen-bond donors (Lipinski definition) is 1. The Bertz CT molecular complexity index is 500. The van der Waals surface area contributed by atoms with Crippen LogP contribution in [0, 0.1) is 0 Å². The summed E-state index contributed by atoms with van der Waals surface area (Å²) in [4.78, 5) is 0.0593. The molecule has 0 aliphatic heterocycles. The fourth-order valence-corrected chi connectivity index (χ4v) is 2.07. The van der Waals surface area contributed by atoms with Crippen LogP contribution in [0.4, 0.5) is 4.39 Å². The summed E-state index contributed by atoms with van der Waals surface area (Å²) in [5.41, 5.74) is 0.750. The molecule has 0 saturated carbocycles. The van der Waals surface area contributed by atoms with Crippen LogP contribution in [-0.2, 0) is 10.0 Å². The molecular formula is C12H18FNO3S. The van der Waals surface area contributed by atoms with E-state index in [0.717, 1.165) is 5.56 Å². The molecule has 2 N–H and O–H groups in total. The van der Waals surface area contributed by atoms with Gasteiger partial charge in [0.2, 0.25) is 10.0 Å². The van der Waals surface area contributed by atoms with Crippen LogP contribution in [0.15, 0.2) is 23.1 Å². The second-order valence-electron chi connectivity index (χ2n) is 4.29. The third kappa shape index (κ3) is 3.96.